The number of nitrogens with zero attached hydrogens (tertiary/aromatic N) is 2. The zero-order valence-electron chi connectivity index (χ0n) is 9.64. The molecule has 0 saturated heterocycles. The fourth-order valence-electron chi connectivity index (χ4n) is 2.27. The van der Waals surface area contributed by atoms with E-state index in [2.05, 4.69) is 4.98 Å². The van der Waals surface area contributed by atoms with Gasteiger partial charge in [-0.25, -0.2) is 4.98 Å². The Morgan fingerprint density at radius 1 is 1.32 bits per heavy atom. The third kappa shape index (κ3) is 2.09. The van der Waals surface area contributed by atoms with Crippen molar-refractivity contribution in [3.8, 4) is 0 Å². The van der Waals surface area contributed by atoms with E-state index in [1.807, 2.05) is 0 Å². The monoisotopic (exact) mass is 308 g/mol. The van der Waals surface area contributed by atoms with Gasteiger partial charge in [0.15, 0.2) is 0 Å². The Morgan fingerprint density at radius 3 is 2.58 bits per heavy atom. The Balaban J connectivity index is 2.03. The van der Waals surface area contributed by atoms with Gasteiger partial charge >= 0.3 is 6.18 Å². The highest BCUT2D eigenvalue weighted by molar-refractivity contribution is 6.36. The minimum atomic E-state index is -4.18. The van der Waals surface area contributed by atoms with E-state index < -0.39 is 11.6 Å². The first kappa shape index (κ1) is 13.1. The number of rotatable bonds is 2. The van der Waals surface area contributed by atoms with Crippen molar-refractivity contribution < 1.29 is 13.2 Å². The highest BCUT2D eigenvalue weighted by Crippen LogP contribution is 2.58. The first-order valence-corrected chi connectivity index (χ1v) is 6.46. The molecule has 0 spiro atoms. The zero-order valence-corrected chi connectivity index (χ0v) is 11.1. The fraction of sp³-hybridized carbons (Fsp3) is 0.417. The first-order valence-electron chi connectivity index (χ1n) is 5.70. The lowest BCUT2D eigenvalue weighted by Crippen LogP contribution is -2.28. The smallest absolute Gasteiger partial charge is 0.346 e. The van der Waals surface area contributed by atoms with E-state index in [0.717, 1.165) is 0 Å². The lowest BCUT2D eigenvalue weighted by atomic mass is 10.1. The molecule has 0 N–H and O–H groups in total. The summed E-state index contributed by atoms with van der Waals surface area (Å²) in [5, 5.41) is 0.997. The molecule has 3 rings (SSSR count). The van der Waals surface area contributed by atoms with Crippen LogP contribution in [-0.4, -0.2) is 15.7 Å². The molecule has 2 nitrogen and oxygen atoms in total. The fourth-order valence-corrected chi connectivity index (χ4v) is 2.75. The first-order chi connectivity index (χ1) is 8.82. The summed E-state index contributed by atoms with van der Waals surface area (Å²) < 4.78 is 40.5. The van der Waals surface area contributed by atoms with Crippen molar-refractivity contribution in [2.24, 2.45) is 5.41 Å². The van der Waals surface area contributed by atoms with E-state index in [9.17, 15) is 13.2 Å². The molecule has 2 aromatic rings. The maximum atomic E-state index is 13.0. The minimum absolute atomic E-state index is 0.101. The van der Waals surface area contributed by atoms with Crippen LogP contribution in [0.4, 0.5) is 13.2 Å². The number of alkyl halides is 3. The number of halogens is 5. The molecule has 0 unspecified atom stereocenters. The number of fused-ring (bicyclic) bond motifs is 1. The SMILES string of the molecule is FC(F)(F)C1(Cn2ccc3c(Cl)nc(Cl)cc32)CC1. The van der Waals surface area contributed by atoms with Crippen LogP contribution in [0.15, 0.2) is 18.3 Å². The summed E-state index contributed by atoms with van der Waals surface area (Å²) in [6, 6.07) is 3.20. The molecule has 1 aliphatic rings. The van der Waals surface area contributed by atoms with Gasteiger partial charge in [-0.1, -0.05) is 23.2 Å². The van der Waals surface area contributed by atoms with Crippen molar-refractivity contribution in [2.45, 2.75) is 25.6 Å². The molecule has 1 fully saturated rings. The summed E-state index contributed by atoms with van der Waals surface area (Å²) in [6.07, 6.45) is -2.24. The second-order valence-corrected chi connectivity index (χ2v) is 5.64. The molecule has 2 heterocycles. The van der Waals surface area contributed by atoms with Crippen molar-refractivity contribution >= 4 is 34.1 Å². The van der Waals surface area contributed by atoms with Crippen LogP contribution in [0, 0.1) is 5.41 Å². The lowest BCUT2D eigenvalue weighted by molar-refractivity contribution is -0.190. The predicted molar refractivity (Wildman–Crippen MR) is 67.5 cm³/mol. The van der Waals surface area contributed by atoms with Crippen LogP contribution in [0.25, 0.3) is 10.9 Å². The Kier molecular flexibility index (Phi) is 2.77. The highest BCUT2D eigenvalue weighted by atomic mass is 35.5. The normalized spacial score (nSPS) is 17.9. The van der Waals surface area contributed by atoms with Gasteiger partial charge in [-0.05, 0) is 25.0 Å². The number of hydrogen-bond donors (Lipinski definition) is 0. The van der Waals surface area contributed by atoms with E-state index in [-0.39, 0.29) is 29.7 Å². The van der Waals surface area contributed by atoms with Gasteiger partial charge in [0.1, 0.15) is 10.3 Å². The Bertz CT molecular complexity index is 644. The van der Waals surface area contributed by atoms with Crippen LogP contribution in [0.5, 0.6) is 0 Å². The second-order valence-electron chi connectivity index (χ2n) is 4.89. The maximum absolute atomic E-state index is 13.0. The largest absolute Gasteiger partial charge is 0.396 e. The molecule has 0 amide bonds. The summed E-state index contributed by atoms with van der Waals surface area (Å²) in [7, 11) is 0. The summed E-state index contributed by atoms with van der Waals surface area (Å²) in [5.41, 5.74) is -1.01. The van der Waals surface area contributed by atoms with E-state index in [1.54, 1.807) is 16.8 Å². The molecule has 19 heavy (non-hydrogen) atoms. The molecular formula is C12H9Cl2F3N2. The third-order valence-corrected chi connectivity index (χ3v) is 4.10. The molecule has 2 aromatic heterocycles. The standard InChI is InChI=1S/C12H9Cl2F3N2/c13-9-5-8-7(10(14)18-9)1-4-19(8)6-11(2-3-11)12(15,16)17/h1,4-5H,2-3,6H2. The van der Waals surface area contributed by atoms with Gasteiger partial charge in [-0.2, -0.15) is 13.2 Å². The summed E-state index contributed by atoms with van der Waals surface area (Å²) in [4.78, 5) is 3.87. The summed E-state index contributed by atoms with van der Waals surface area (Å²) in [5.74, 6) is 0. The van der Waals surface area contributed by atoms with Crippen molar-refractivity contribution in [1.29, 1.82) is 0 Å². The van der Waals surface area contributed by atoms with Crippen molar-refractivity contribution in [3.05, 3.63) is 28.6 Å². The molecule has 0 radical (unpaired) electrons. The summed E-state index contributed by atoms with van der Waals surface area (Å²) >= 11 is 11.7. The molecule has 1 saturated carbocycles. The van der Waals surface area contributed by atoms with E-state index in [1.165, 1.54) is 6.07 Å². The van der Waals surface area contributed by atoms with Crippen LogP contribution in [0.1, 0.15) is 12.8 Å². The van der Waals surface area contributed by atoms with E-state index in [4.69, 9.17) is 23.2 Å². The average Bonchev–Trinajstić information content (AvgIpc) is 2.96. The van der Waals surface area contributed by atoms with Gasteiger partial charge in [-0.15, -0.1) is 0 Å². The van der Waals surface area contributed by atoms with Crippen molar-refractivity contribution in [1.82, 2.24) is 9.55 Å². The Labute approximate surface area is 117 Å². The summed E-state index contributed by atoms with van der Waals surface area (Å²) in [6.45, 7) is -0.101. The topological polar surface area (TPSA) is 17.8 Å². The van der Waals surface area contributed by atoms with Gasteiger partial charge in [0.05, 0.1) is 10.9 Å². The number of pyridine rings is 1. The minimum Gasteiger partial charge on any atom is -0.346 e. The van der Waals surface area contributed by atoms with Crippen molar-refractivity contribution in [3.63, 3.8) is 0 Å². The Morgan fingerprint density at radius 2 is 2.00 bits per heavy atom. The predicted octanol–water partition coefficient (Wildman–Crippen LogP) is 4.69. The maximum Gasteiger partial charge on any atom is 0.396 e. The van der Waals surface area contributed by atoms with Crippen LogP contribution in [0.2, 0.25) is 10.3 Å². The molecule has 1 aliphatic carbocycles. The van der Waals surface area contributed by atoms with E-state index in [0.29, 0.717) is 10.9 Å². The van der Waals surface area contributed by atoms with Crippen LogP contribution < -0.4 is 0 Å². The van der Waals surface area contributed by atoms with Gasteiger partial charge in [0.2, 0.25) is 0 Å². The molecule has 0 bridgehead atoms. The van der Waals surface area contributed by atoms with Crippen LogP contribution in [-0.2, 0) is 6.54 Å². The number of aromatic nitrogens is 2. The molecule has 0 atom stereocenters. The van der Waals surface area contributed by atoms with Gasteiger partial charge in [-0.3, -0.25) is 0 Å². The molecule has 7 heteroatoms. The zero-order chi connectivity index (χ0) is 13.8. The van der Waals surface area contributed by atoms with E-state index >= 15 is 0 Å². The number of hydrogen-bond acceptors (Lipinski definition) is 1. The molecular weight excluding hydrogens is 300 g/mol. The van der Waals surface area contributed by atoms with Gasteiger partial charge in [0.25, 0.3) is 0 Å². The molecule has 102 valence electrons. The average molecular weight is 309 g/mol. The van der Waals surface area contributed by atoms with Gasteiger partial charge in [0, 0.05) is 18.1 Å². The van der Waals surface area contributed by atoms with Crippen LogP contribution in [0.3, 0.4) is 0 Å². The highest BCUT2D eigenvalue weighted by Gasteiger charge is 2.63. The van der Waals surface area contributed by atoms with Crippen LogP contribution >= 0.6 is 23.2 Å². The lowest BCUT2D eigenvalue weighted by Gasteiger charge is -2.20. The molecule has 0 aromatic carbocycles. The second kappa shape index (κ2) is 4.03. The van der Waals surface area contributed by atoms with Gasteiger partial charge < -0.3 is 4.57 Å². The van der Waals surface area contributed by atoms with Crippen molar-refractivity contribution in [2.75, 3.05) is 0 Å². The quantitative estimate of drug-likeness (QED) is 0.736. The third-order valence-electron chi connectivity index (χ3n) is 3.62. The molecule has 0 aliphatic heterocycles. The Hall–Kier alpha value is -0.940.